The van der Waals surface area contributed by atoms with E-state index in [0.29, 0.717) is 23.1 Å². The molecule has 0 saturated heterocycles. The lowest BCUT2D eigenvalue weighted by Gasteiger charge is -2.13. The number of thiophene rings is 1. The molecule has 3 rings (SSSR count). The minimum Gasteiger partial charge on any atom is -0.493 e. The van der Waals surface area contributed by atoms with E-state index >= 15 is 0 Å². The van der Waals surface area contributed by atoms with Crippen molar-refractivity contribution in [3.05, 3.63) is 34.5 Å². The van der Waals surface area contributed by atoms with Gasteiger partial charge in [-0.3, -0.25) is 5.43 Å². The number of nitrogens with one attached hydrogen (secondary N) is 1. The van der Waals surface area contributed by atoms with E-state index in [2.05, 4.69) is 34.3 Å². The number of benzene rings is 1. The second kappa shape index (κ2) is 7.57. The van der Waals surface area contributed by atoms with Gasteiger partial charge in [-0.25, -0.2) is 9.97 Å². The third-order valence-electron chi connectivity index (χ3n) is 4.07. The molecular formula is C18H20N4O3S. The standard InChI is InChI=1S/C18H20N4O3S/c1-10-11(2)26-18-14(10)17(19-9-20-18)22-21-8-12-6-7-13(23-3)16(25-5)15(12)24-4/h6-9H,1-5H3,(H,19,20,22)/b21-8+. The van der Waals surface area contributed by atoms with E-state index in [-0.39, 0.29) is 0 Å². The van der Waals surface area contributed by atoms with Crippen molar-refractivity contribution in [3.63, 3.8) is 0 Å². The Labute approximate surface area is 155 Å². The van der Waals surface area contributed by atoms with Gasteiger partial charge >= 0.3 is 0 Å². The summed E-state index contributed by atoms with van der Waals surface area (Å²) in [5.41, 5.74) is 4.92. The van der Waals surface area contributed by atoms with Crippen molar-refractivity contribution in [1.82, 2.24) is 9.97 Å². The molecule has 0 spiro atoms. The first-order chi connectivity index (χ1) is 12.6. The molecule has 7 nitrogen and oxygen atoms in total. The third-order valence-corrected chi connectivity index (χ3v) is 5.19. The average Bonchev–Trinajstić information content (AvgIpc) is 2.95. The van der Waals surface area contributed by atoms with Crippen molar-refractivity contribution in [2.75, 3.05) is 26.8 Å². The predicted molar refractivity (Wildman–Crippen MR) is 104 cm³/mol. The van der Waals surface area contributed by atoms with Crippen LogP contribution in [0.3, 0.4) is 0 Å². The van der Waals surface area contributed by atoms with Gasteiger partial charge in [0.05, 0.1) is 32.9 Å². The lowest BCUT2D eigenvalue weighted by Crippen LogP contribution is -2.00. The molecule has 1 aromatic carbocycles. The maximum Gasteiger partial charge on any atom is 0.203 e. The molecule has 136 valence electrons. The highest BCUT2D eigenvalue weighted by Gasteiger charge is 2.15. The van der Waals surface area contributed by atoms with Crippen molar-refractivity contribution >= 4 is 33.6 Å². The van der Waals surface area contributed by atoms with Crippen LogP contribution in [0.25, 0.3) is 10.2 Å². The van der Waals surface area contributed by atoms with Crippen molar-refractivity contribution in [2.24, 2.45) is 5.10 Å². The molecule has 0 radical (unpaired) electrons. The van der Waals surface area contributed by atoms with E-state index in [9.17, 15) is 0 Å². The van der Waals surface area contributed by atoms with Gasteiger partial charge in [-0.2, -0.15) is 5.10 Å². The molecule has 0 bridgehead atoms. The number of hydrazone groups is 1. The monoisotopic (exact) mass is 372 g/mol. The number of anilines is 1. The van der Waals surface area contributed by atoms with Gasteiger partial charge in [0, 0.05) is 10.4 Å². The number of rotatable bonds is 6. The first-order valence-electron chi connectivity index (χ1n) is 7.89. The molecule has 0 aliphatic heterocycles. The van der Waals surface area contributed by atoms with Gasteiger partial charge in [-0.05, 0) is 31.5 Å². The molecule has 0 amide bonds. The Hall–Kier alpha value is -2.87. The minimum absolute atomic E-state index is 0.521. The van der Waals surface area contributed by atoms with Crippen molar-refractivity contribution in [1.29, 1.82) is 0 Å². The molecule has 0 saturated carbocycles. The Morgan fingerprint density at radius 2 is 1.81 bits per heavy atom. The van der Waals surface area contributed by atoms with E-state index in [1.54, 1.807) is 44.9 Å². The predicted octanol–water partition coefficient (Wildman–Crippen LogP) is 3.78. The highest BCUT2D eigenvalue weighted by atomic mass is 32.1. The third kappa shape index (κ3) is 3.15. The number of hydrogen-bond acceptors (Lipinski definition) is 8. The first-order valence-corrected chi connectivity index (χ1v) is 8.71. The molecular weight excluding hydrogens is 352 g/mol. The van der Waals surface area contributed by atoms with Crippen LogP contribution in [0.1, 0.15) is 16.0 Å². The fourth-order valence-corrected chi connectivity index (χ4v) is 3.65. The van der Waals surface area contributed by atoms with Crippen LogP contribution < -0.4 is 19.6 Å². The maximum atomic E-state index is 5.46. The van der Waals surface area contributed by atoms with Gasteiger partial charge in [0.1, 0.15) is 11.2 Å². The summed E-state index contributed by atoms with van der Waals surface area (Å²) < 4.78 is 16.1. The summed E-state index contributed by atoms with van der Waals surface area (Å²) in [6.45, 7) is 4.13. The van der Waals surface area contributed by atoms with E-state index in [4.69, 9.17) is 14.2 Å². The Kier molecular flexibility index (Phi) is 5.22. The lowest BCUT2D eigenvalue weighted by molar-refractivity contribution is 0.324. The molecule has 26 heavy (non-hydrogen) atoms. The number of fused-ring (bicyclic) bond motifs is 1. The summed E-state index contributed by atoms with van der Waals surface area (Å²) in [7, 11) is 4.73. The van der Waals surface area contributed by atoms with Crippen LogP contribution in [0, 0.1) is 13.8 Å². The topological polar surface area (TPSA) is 77.9 Å². The molecule has 1 N–H and O–H groups in total. The quantitative estimate of drug-likeness (QED) is 0.524. The van der Waals surface area contributed by atoms with Crippen LogP contribution in [-0.4, -0.2) is 37.5 Å². The summed E-state index contributed by atoms with van der Waals surface area (Å²) in [6, 6.07) is 3.65. The fraction of sp³-hybridized carbons (Fsp3) is 0.278. The van der Waals surface area contributed by atoms with Crippen LogP contribution in [0.5, 0.6) is 17.2 Å². The molecule has 2 aromatic heterocycles. The number of aromatic nitrogens is 2. The molecule has 8 heteroatoms. The Balaban J connectivity index is 1.93. The Morgan fingerprint density at radius 1 is 1.04 bits per heavy atom. The van der Waals surface area contributed by atoms with Gasteiger partial charge in [0.25, 0.3) is 0 Å². The van der Waals surface area contributed by atoms with Crippen LogP contribution in [0.4, 0.5) is 5.82 Å². The minimum atomic E-state index is 0.521. The van der Waals surface area contributed by atoms with E-state index < -0.39 is 0 Å². The summed E-state index contributed by atoms with van der Waals surface area (Å²) in [5, 5.41) is 5.31. The average molecular weight is 372 g/mol. The normalized spacial score (nSPS) is 11.1. The number of ether oxygens (including phenoxy) is 3. The lowest BCUT2D eigenvalue weighted by atomic mass is 10.2. The Bertz CT molecular complexity index is 969. The highest BCUT2D eigenvalue weighted by molar-refractivity contribution is 7.18. The number of methoxy groups -OCH3 is 3. The molecule has 0 atom stereocenters. The molecule has 3 aromatic rings. The zero-order valence-corrected chi connectivity index (χ0v) is 16.1. The van der Waals surface area contributed by atoms with Crippen LogP contribution in [-0.2, 0) is 0 Å². The second-order valence-electron chi connectivity index (χ2n) is 5.48. The number of hydrogen-bond donors (Lipinski definition) is 1. The van der Waals surface area contributed by atoms with Gasteiger partial charge < -0.3 is 14.2 Å². The maximum absolute atomic E-state index is 5.46. The van der Waals surface area contributed by atoms with Crippen LogP contribution in [0.15, 0.2) is 23.6 Å². The zero-order valence-electron chi connectivity index (χ0n) is 15.3. The number of nitrogens with zero attached hydrogens (tertiary/aromatic N) is 3. The van der Waals surface area contributed by atoms with E-state index in [1.807, 2.05) is 6.07 Å². The van der Waals surface area contributed by atoms with Crippen molar-refractivity contribution in [2.45, 2.75) is 13.8 Å². The molecule has 0 fully saturated rings. The summed E-state index contributed by atoms with van der Waals surface area (Å²) >= 11 is 1.64. The van der Waals surface area contributed by atoms with E-state index in [1.165, 1.54) is 11.2 Å². The largest absolute Gasteiger partial charge is 0.493 e. The first kappa shape index (κ1) is 17.9. The van der Waals surface area contributed by atoms with Crippen LogP contribution >= 0.6 is 11.3 Å². The van der Waals surface area contributed by atoms with Crippen molar-refractivity contribution < 1.29 is 14.2 Å². The van der Waals surface area contributed by atoms with Gasteiger partial charge in [0.2, 0.25) is 5.75 Å². The van der Waals surface area contributed by atoms with Gasteiger partial charge in [-0.15, -0.1) is 11.3 Å². The smallest absolute Gasteiger partial charge is 0.203 e. The summed E-state index contributed by atoms with van der Waals surface area (Å²) in [4.78, 5) is 10.8. The SMILES string of the molecule is COc1ccc(/C=N/Nc2ncnc3sc(C)c(C)c23)c(OC)c1OC. The molecule has 0 aliphatic carbocycles. The summed E-state index contributed by atoms with van der Waals surface area (Å²) in [6.07, 6.45) is 3.19. The molecule has 0 unspecified atom stereocenters. The second-order valence-corrected chi connectivity index (χ2v) is 6.68. The van der Waals surface area contributed by atoms with Crippen molar-refractivity contribution in [3.8, 4) is 17.2 Å². The van der Waals surface area contributed by atoms with Crippen LogP contribution in [0.2, 0.25) is 0 Å². The fourth-order valence-electron chi connectivity index (χ4n) is 2.66. The zero-order chi connectivity index (χ0) is 18.7. The highest BCUT2D eigenvalue weighted by Crippen LogP contribution is 2.39. The molecule has 0 aliphatic rings. The van der Waals surface area contributed by atoms with Gasteiger partial charge in [-0.1, -0.05) is 0 Å². The number of aryl methyl sites for hydroxylation is 2. The van der Waals surface area contributed by atoms with Gasteiger partial charge in [0.15, 0.2) is 17.3 Å². The summed E-state index contributed by atoms with van der Waals surface area (Å²) in [5.74, 6) is 2.34. The molecule has 2 heterocycles. The Morgan fingerprint density at radius 3 is 2.50 bits per heavy atom. The van der Waals surface area contributed by atoms with E-state index in [0.717, 1.165) is 21.3 Å².